The molecule has 0 atom stereocenters. The summed E-state index contributed by atoms with van der Waals surface area (Å²) in [6, 6.07) is 12.0. The number of nitrogens with one attached hydrogen (secondary N) is 1. The summed E-state index contributed by atoms with van der Waals surface area (Å²) in [5.41, 5.74) is 3.92. The minimum atomic E-state index is -0.334. The number of aromatic amines is 1. The number of amides is 1. The lowest BCUT2D eigenvalue weighted by Gasteiger charge is -2.32. The summed E-state index contributed by atoms with van der Waals surface area (Å²) in [6.07, 6.45) is 3.81. The van der Waals surface area contributed by atoms with E-state index >= 15 is 0 Å². The average Bonchev–Trinajstić information content (AvgIpc) is 3.42. The number of carbonyl (C=O) groups excluding carboxylic acids is 1. The number of aromatic nitrogens is 2. The van der Waals surface area contributed by atoms with Crippen molar-refractivity contribution in [3.63, 3.8) is 0 Å². The minimum Gasteiger partial charge on any atom is -0.497 e. The number of benzene rings is 2. The van der Waals surface area contributed by atoms with E-state index in [9.17, 15) is 9.18 Å². The first kappa shape index (κ1) is 20.3. The molecule has 32 heavy (non-hydrogen) atoms. The Morgan fingerprint density at radius 1 is 1.19 bits per heavy atom. The Morgan fingerprint density at radius 2 is 1.94 bits per heavy atom. The summed E-state index contributed by atoms with van der Waals surface area (Å²) in [5.74, 6) is 1.24. The number of hydrogen-bond donors (Lipinski definition) is 1. The van der Waals surface area contributed by atoms with Gasteiger partial charge in [-0.3, -0.25) is 4.79 Å². The second-order valence-electron chi connectivity index (χ2n) is 8.19. The van der Waals surface area contributed by atoms with Crippen LogP contribution in [0, 0.1) is 12.7 Å². The van der Waals surface area contributed by atoms with Crippen LogP contribution in [0.5, 0.6) is 5.75 Å². The van der Waals surface area contributed by atoms with Crippen LogP contribution >= 0.6 is 0 Å². The molecule has 0 unspecified atom stereocenters. The molecule has 1 amide bonds. The molecule has 0 bridgehead atoms. The second-order valence-corrected chi connectivity index (χ2v) is 8.19. The van der Waals surface area contributed by atoms with Gasteiger partial charge in [0.15, 0.2) is 0 Å². The predicted molar refractivity (Wildman–Crippen MR) is 119 cm³/mol. The number of aryl methyl sites for hydroxylation is 1. The van der Waals surface area contributed by atoms with Crippen molar-refractivity contribution in [3.05, 3.63) is 71.4 Å². The highest BCUT2D eigenvalue weighted by molar-refractivity contribution is 6.00. The molecule has 6 nitrogen and oxygen atoms in total. The van der Waals surface area contributed by atoms with Crippen molar-refractivity contribution >= 4 is 16.8 Å². The zero-order valence-electron chi connectivity index (χ0n) is 18.0. The van der Waals surface area contributed by atoms with Crippen molar-refractivity contribution < 1.29 is 18.4 Å². The Balaban J connectivity index is 1.35. The maximum Gasteiger partial charge on any atom is 0.259 e. The summed E-state index contributed by atoms with van der Waals surface area (Å²) in [7, 11) is 1.67. The van der Waals surface area contributed by atoms with Gasteiger partial charge in [0.25, 0.3) is 5.91 Å². The number of halogens is 1. The van der Waals surface area contributed by atoms with E-state index in [1.807, 2.05) is 17.0 Å². The molecule has 1 fully saturated rings. The van der Waals surface area contributed by atoms with Crippen molar-refractivity contribution in [3.8, 4) is 17.0 Å². The Morgan fingerprint density at radius 3 is 2.66 bits per heavy atom. The van der Waals surface area contributed by atoms with Crippen molar-refractivity contribution in [2.45, 2.75) is 25.7 Å². The molecule has 2 aromatic heterocycles. The maximum atomic E-state index is 13.4. The fraction of sp³-hybridized carbons (Fsp3) is 0.280. The molecule has 0 aliphatic carbocycles. The summed E-state index contributed by atoms with van der Waals surface area (Å²) < 4.78 is 24.0. The zero-order valence-corrected chi connectivity index (χ0v) is 18.0. The lowest BCUT2D eigenvalue weighted by atomic mass is 9.89. The number of methoxy groups -OCH3 is 1. The second kappa shape index (κ2) is 8.15. The highest BCUT2D eigenvalue weighted by Gasteiger charge is 2.30. The van der Waals surface area contributed by atoms with E-state index in [0.717, 1.165) is 24.1 Å². The van der Waals surface area contributed by atoms with Crippen LogP contribution < -0.4 is 4.74 Å². The number of ether oxygens (including phenoxy) is 1. The van der Waals surface area contributed by atoms with E-state index in [1.165, 1.54) is 23.1 Å². The smallest absolute Gasteiger partial charge is 0.259 e. The zero-order chi connectivity index (χ0) is 22.2. The summed E-state index contributed by atoms with van der Waals surface area (Å²) in [6.45, 7) is 3.03. The number of likely N-dealkylation sites (tertiary alicyclic amines) is 1. The lowest BCUT2D eigenvalue weighted by Crippen LogP contribution is -2.38. The largest absolute Gasteiger partial charge is 0.497 e. The molecule has 3 heterocycles. The number of piperidine rings is 1. The number of carbonyl (C=O) groups is 1. The fourth-order valence-corrected chi connectivity index (χ4v) is 4.57. The first-order chi connectivity index (χ1) is 15.5. The van der Waals surface area contributed by atoms with Crippen molar-refractivity contribution in [1.29, 1.82) is 0 Å². The van der Waals surface area contributed by atoms with Crippen LogP contribution in [0.15, 0.2) is 53.2 Å². The third-order valence-electron chi connectivity index (χ3n) is 6.34. The van der Waals surface area contributed by atoms with Gasteiger partial charge in [0.1, 0.15) is 28.6 Å². The van der Waals surface area contributed by atoms with E-state index in [4.69, 9.17) is 9.26 Å². The van der Waals surface area contributed by atoms with Crippen molar-refractivity contribution in [1.82, 2.24) is 15.0 Å². The van der Waals surface area contributed by atoms with E-state index in [-0.39, 0.29) is 11.7 Å². The molecular formula is C25H24FN3O3. The number of rotatable bonds is 4. The molecule has 1 aliphatic heterocycles. The van der Waals surface area contributed by atoms with E-state index in [1.54, 1.807) is 26.2 Å². The van der Waals surface area contributed by atoms with Crippen LogP contribution in [-0.4, -0.2) is 41.1 Å². The van der Waals surface area contributed by atoms with Gasteiger partial charge in [-0.1, -0.05) is 5.16 Å². The van der Waals surface area contributed by atoms with Gasteiger partial charge >= 0.3 is 0 Å². The summed E-state index contributed by atoms with van der Waals surface area (Å²) >= 11 is 0. The number of nitrogens with zero attached hydrogens (tertiary/aromatic N) is 2. The topological polar surface area (TPSA) is 71.4 Å². The van der Waals surface area contributed by atoms with Gasteiger partial charge in [-0.05, 0) is 73.7 Å². The molecule has 0 saturated carbocycles. The van der Waals surface area contributed by atoms with E-state index in [2.05, 4.69) is 22.4 Å². The third-order valence-corrected chi connectivity index (χ3v) is 6.34. The Kier molecular flexibility index (Phi) is 5.17. The standard InChI is InChI=1S/C25H24FN3O3/c1-15-23(24(28-32-15)17-3-5-18(26)6-4-17)25(30)29-11-9-16(10-12-29)21-14-27-22-8-7-19(31-2)13-20(21)22/h3-8,13-14,16,27H,9-12H2,1-2H3. The predicted octanol–water partition coefficient (Wildman–Crippen LogP) is 5.30. The normalized spacial score (nSPS) is 14.8. The van der Waals surface area contributed by atoms with Crippen molar-refractivity contribution in [2.24, 2.45) is 0 Å². The van der Waals surface area contributed by atoms with Gasteiger partial charge < -0.3 is 19.1 Å². The third kappa shape index (κ3) is 3.53. The first-order valence-electron chi connectivity index (χ1n) is 10.7. The van der Waals surface area contributed by atoms with Gasteiger partial charge in [-0.2, -0.15) is 0 Å². The van der Waals surface area contributed by atoms with Crippen LogP contribution in [0.4, 0.5) is 4.39 Å². The van der Waals surface area contributed by atoms with Crippen LogP contribution in [0.3, 0.4) is 0 Å². The van der Waals surface area contributed by atoms with Gasteiger partial charge in [-0.15, -0.1) is 0 Å². The lowest BCUT2D eigenvalue weighted by molar-refractivity contribution is 0.0712. The molecule has 5 rings (SSSR count). The SMILES string of the molecule is COc1ccc2[nH]cc(C3CCN(C(=O)c4c(-c5ccc(F)cc5)noc4C)CC3)c2c1. The number of fused-ring (bicyclic) bond motifs is 1. The molecule has 7 heteroatoms. The van der Waals surface area contributed by atoms with Crippen molar-refractivity contribution in [2.75, 3.05) is 20.2 Å². The number of hydrogen-bond acceptors (Lipinski definition) is 4. The molecular weight excluding hydrogens is 409 g/mol. The molecule has 2 aromatic carbocycles. The van der Waals surface area contributed by atoms with E-state index in [0.29, 0.717) is 41.6 Å². The molecule has 0 radical (unpaired) electrons. The van der Waals surface area contributed by atoms with Crippen LogP contribution in [0.2, 0.25) is 0 Å². The average molecular weight is 433 g/mol. The highest BCUT2D eigenvalue weighted by atomic mass is 19.1. The first-order valence-corrected chi connectivity index (χ1v) is 10.7. The number of H-pyrrole nitrogens is 1. The van der Waals surface area contributed by atoms with Crippen LogP contribution in [-0.2, 0) is 0 Å². The summed E-state index contributed by atoms with van der Waals surface area (Å²) in [4.78, 5) is 18.6. The van der Waals surface area contributed by atoms with Gasteiger partial charge in [0.05, 0.1) is 7.11 Å². The van der Waals surface area contributed by atoms with Crippen LogP contribution in [0.1, 0.15) is 40.4 Å². The Labute approximate surface area is 185 Å². The van der Waals surface area contributed by atoms with Crippen LogP contribution in [0.25, 0.3) is 22.2 Å². The van der Waals surface area contributed by atoms with Gasteiger partial charge in [0, 0.05) is 35.8 Å². The summed E-state index contributed by atoms with van der Waals surface area (Å²) in [5, 5.41) is 5.25. The monoisotopic (exact) mass is 433 g/mol. The molecule has 1 saturated heterocycles. The highest BCUT2D eigenvalue weighted by Crippen LogP contribution is 2.36. The minimum absolute atomic E-state index is 0.0953. The molecule has 1 aliphatic rings. The molecule has 4 aromatic rings. The fourth-order valence-electron chi connectivity index (χ4n) is 4.57. The molecule has 164 valence electrons. The van der Waals surface area contributed by atoms with Gasteiger partial charge in [-0.25, -0.2) is 4.39 Å². The molecule has 1 N–H and O–H groups in total. The Bertz CT molecular complexity index is 1270. The Hall–Kier alpha value is -3.61. The quantitative estimate of drug-likeness (QED) is 0.474. The van der Waals surface area contributed by atoms with Gasteiger partial charge in [0.2, 0.25) is 0 Å². The van der Waals surface area contributed by atoms with E-state index < -0.39 is 0 Å². The molecule has 0 spiro atoms. The maximum absolute atomic E-state index is 13.4.